The molecule has 0 aromatic carbocycles. The maximum absolute atomic E-state index is 7.55. The third kappa shape index (κ3) is 17.2. The number of hydrogen-bond acceptors (Lipinski definition) is 4. The SMILES string of the molecule is CC(C)O[Si](O[Si](C(C)C)(C(C)C)C(C)C)(C(C)C)C(C)C.CC(C)[SiH2]C(C)C.CC(C)[SiH](O[Si](O[Si](C(C)C)(C(C)C)C(C)C)(C(C)C)C(C)C)C(C)C. The summed E-state index contributed by atoms with van der Waals surface area (Å²) in [7, 11) is -9.56. The van der Waals surface area contributed by atoms with Crippen LogP contribution >= 0.6 is 0 Å². The molecule has 10 heteroatoms. The third-order valence-corrected chi connectivity index (χ3v) is 42.9. The molecule has 0 amide bonds. The zero-order valence-electron chi connectivity index (χ0n) is 43.6. The summed E-state index contributed by atoms with van der Waals surface area (Å²) in [6.45, 7) is 70.2. The van der Waals surface area contributed by atoms with Gasteiger partial charge in [0.15, 0.2) is 25.7 Å². The van der Waals surface area contributed by atoms with E-state index in [2.05, 4.69) is 208 Å². The van der Waals surface area contributed by atoms with Crippen LogP contribution in [-0.4, -0.2) is 58.4 Å². The Labute approximate surface area is 358 Å². The van der Waals surface area contributed by atoms with Gasteiger partial charge in [0.25, 0.3) is 0 Å². The topological polar surface area (TPSA) is 36.9 Å². The van der Waals surface area contributed by atoms with Gasteiger partial charge >= 0.3 is 17.1 Å². The molecule has 55 heavy (non-hydrogen) atoms. The van der Waals surface area contributed by atoms with Crippen LogP contribution in [0.3, 0.4) is 0 Å². The minimum Gasteiger partial charge on any atom is -0.438 e. The van der Waals surface area contributed by atoms with Crippen LogP contribution in [0.2, 0.25) is 77.6 Å². The van der Waals surface area contributed by atoms with Gasteiger partial charge in [-0.05, 0) is 80.3 Å². The van der Waals surface area contributed by atoms with Crippen molar-refractivity contribution in [1.82, 2.24) is 0 Å². The Morgan fingerprint density at radius 2 is 0.564 bits per heavy atom. The fourth-order valence-corrected chi connectivity index (χ4v) is 46.3. The maximum Gasteiger partial charge on any atom is 0.333 e. The van der Waals surface area contributed by atoms with Crippen molar-refractivity contribution >= 4 is 52.3 Å². The van der Waals surface area contributed by atoms with Crippen molar-refractivity contribution in [3.63, 3.8) is 0 Å². The summed E-state index contributed by atoms with van der Waals surface area (Å²) in [5, 5.41) is 0. The van der Waals surface area contributed by atoms with Gasteiger partial charge in [0.05, 0.1) is 0 Å². The Hall–Kier alpha value is 1.14. The second-order valence-electron chi connectivity index (χ2n) is 22.2. The van der Waals surface area contributed by atoms with Crippen LogP contribution in [0.25, 0.3) is 0 Å². The fourth-order valence-electron chi connectivity index (χ4n) is 10.2. The highest BCUT2D eigenvalue weighted by molar-refractivity contribution is 6.90. The molecule has 0 fully saturated rings. The summed E-state index contributed by atoms with van der Waals surface area (Å²) in [5.41, 5.74) is 8.86. The Balaban J connectivity index is -0.000000844. The lowest BCUT2D eigenvalue weighted by molar-refractivity contribution is 0.160. The van der Waals surface area contributed by atoms with Crippen molar-refractivity contribution in [2.75, 3.05) is 0 Å². The highest BCUT2D eigenvalue weighted by atomic mass is 28.5. The summed E-state index contributed by atoms with van der Waals surface area (Å²) >= 11 is 0. The molecule has 0 heterocycles. The van der Waals surface area contributed by atoms with Crippen molar-refractivity contribution in [3.8, 4) is 0 Å². The zero-order chi connectivity index (χ0) is 44.8. The van der Waals surface area contributed by atoms with Crippen molar-refractivity contribution in [2.24, 2.45) is 0 Å². The lowest BCUT2D eigenvalue weighted by atomic mass is 10.5. The van der Waals surface area contributed by atoms with Crippen LogP contribution in [0.15, 0.2) is 0 Å². The molecular weight excluding hydrogens is 773 g/mol. The molecule has 0 aliphatic carbocycles. The van der Waals surface area contributed by atoms with Crippen LogP contribution in [0.4, 0.5) is 0 Å². The van der Waals surface area contributed by atoms with Crippen molar-refractivity contribution in [3.05, 3.63) is 0 Å². The summed E-state index contributed by atoms with van der Waals surface area (Å²) in [4.78, 5) is 0. The first-order valence-corrected chi connectivity index (χ1v) is 35.0. The standard InChI is InChI=1S/C21H50O2Si3.C18H42O2Si2.C6H16Si/c1-15(2)24(16(3)4)22-26(20(11)12,21(13)14)23-25(17(5)6,18(7)8)19(9)10;1-13(2)19-22(17(9)10,18(11)12)20-21(14(3)4,15(5)6)16(7)8;1-5(2)7-6(3)4/h15-21,24H,1-14H3;13-18H,1-12H3;5-6H,7H2,1-4H3. The van der Waals surface area contributed by atoms with E-state index in [0.29, 0.717) is 66.5 Å². The molecule has 4 nitrogen and oxygen atoms in total. The van der Waals surface area contributed by atoms with Crippen LogP contribution in [0.5, 0.6) is 0 Å². The zero-order valence-corrected chi connectivity index (χ0v) is 50.1. The van der Waals surface area contributed by atoms with E-state index in [1.54, 1.807) is 0 Å². The molecular formula is C45H108O4Si6. The summed E-state index contributed by atoms with van der Waals surface area (Å²) in [5.74, 6) is 0. The second-order valence-corrected chi connectivity index (χ2v) is 50.2. The van der Waals surface area contributed by atoms with Crippen LogP contribution in [0.1, 0.15) is 208 Å². The van der Waals surface area contributed by atoms with E-state index in [9.17, 15) is 0 Å². The predicted molar refractivity (Wildman–Crippen MR) is 270 cm³/mol. The van der Waals surface area contributed by atoms with E-state index in [1.807, 2.05) is 0 Å². The largest absolute Gasteiger partial charge is 0.438 e. The van der Waals surface area contributed by atoms with Crippen LogP contribution < -0.4 is 0 Å². The maximum atomic E-state index is 7.55. The summed E-state index contributed by atoms with van der Waals surface area (Å²) in [6.07, 6.45) is 0.231. The molecule has 0 aliphatic rings. The quantitative estimate of drug-likeness (QED) is 0.102. The van der Waals surface area contributed by atoms with Gasteiger partial charge in [-0.1, -0.05) is 205 Å². The third-order valence-electron chi connectivity index (χ3n) is 12.3. The monoisotopic (exact) mass is 881 g/mol. The Bertz CT molecular complexity index is 901. The van der Waals surface area contributed by atoms with E-state index >= 15 is 0 Å². The first kappa shape index (κ1) is 60.4. The van der Waals surface area contributed by atoms with Gasteiger partial charge < -0.3 is 16.8 Å². The Morgan fingerprint density at radius 3 is 0.709 bits per heavy atom. The first-order valence-electron chi connectivity index (χ1n) is 23.4. The van der Waals surface area contributed by atoms with Crippen LogP contribution in [-0.2, 0) is 16.8 Å². The van der Waals surface area contributed by atoms with Gasteiger partial charge in [0.1, 0.15) is 0 Å². The van der Waals surface area contributed by atoms with E-state index < -0.39 is 42.8 Å². The highest BCUT2D eigenvalue weighted by Crippen LogP contribution is 2.50. The first-order chi connectivity index (χ1) is 24.6. The lowest BCUT2D eigenvalue weighted by Crippen LogP contribution is -2.62. The lowest BCUT2D eigenvalue weighted by Gasteiger charge is -2.52. The predicted octanol–water partition coefficient (Wildman–Crippen LogP) is 16.7. The molecule has 0 aromatic heterocycles. The molecule has 0 aromatic rings. The second kappa shape index (κ2) is 26.5. The fraction of sp³-hybridized carbons (Fsp3) is 1.00. The minimum atomic E-state index is -2.34. The highest BCUT2D eigenvalue weighted by Gasteiger charge is 2.57. The molecule has 0 radical (unpaired) electrons. The summed E-state index contributed by atoms with van der Waals surface area (Å²) < 4.78 is 28.8. The average Bonchev–Trinajstić information content (AvgIpc) is 2.97. The average molecular weight is 882 g/mol. The van der Waals surface area contributed by atoms with Gasteiger partial charge in [-0.3, -0.25) is 0 Å². The molecule has 0 N–H and O–H groups in total. The van der Waals surface area contributed by atoms with Gasteiger partial charge in [0.2, 0.25) is 0 Å². The van der Waals surface area contributed by atoms with Gasteiger partial charge in [0, 0.05) is 15.6 Å². The van der Waals surface area contributed by atoms with Crippen LogP contribution in [0, 0.1) is 0 Å². The normalized spacial score (nSPS) is 14.1. The van der Waals surface area contributed by atoms with E-state index in [-0.39, 0.29) is 15.6 Å². The number of hydrogen-bond donors (Lipinski definition) is 0. The molecule has 0 saturated carbocycles. The Kier molecular flexibility index (Phi) is 29.1. The Morgan fingerprint density at radius 1 is 0.327 bits per heavy atom. The van der Waals surface area contributed by atoms with Gasteiger partial charge in [-0.2, -0.15) is 0 Å². The van der Waals surface area contributed by atoms with E-state index in [1.165, 1.54) is 0 Å². The summed E-state index contributed by atoms with van der Waals surface area (Å²) in [6, 6.07) is 0. The molecule has 0 spiro atoms. The van der Waals surface area contributed by atoms with Crippen molar-refractivity contribution in [1.29, 1.82) is 0 Å². The van der Waals surface area contributed by atoms with E-state index in [4.69, 9.17) is 16.8 Å². The van der Waals surface area contributed by atoms with Gasteiger partial charge in [-0.25, -0.2) is 0 Å². The van der Waals surface area contributed by atoms with E-state index in [0.717, 1.165) is 11.1 Å². The molecule has 0 atom stereocenters. The molecule has 336 valence electrons. The molecule has 0 unspecified atom stereocenters. The van der Waals surface area contributed by atoms with Gasteiger partial charge in [-0.15, -0.1) is 0 Å². The molecule has 0 saturated heterocycles. The van der Waals surface area contributed by atoms with Crippen molar-refractivity contribution < 1.29 is 16.8 Å². The minimum absolute atomic E-state index is 0.231. The van der Waals surface area contributed by atoms with Crippen molar-refractivity contribution in [2.45, 2.75) is 291 Å². The molecule has 0 aliphatic heterocycles. The molecule has 0 rings (SSSR count). The smallest absolute Gasteiger partial charge is 0.333 e. The number of rotatable bonds is 22. The molecule has 0 bridgehead atoms.